The fraction of sp³-hybridized carbons (Fsp3) is 0.500. The van der Waals surface area contributed by atoms with Gasteiger partial charge in [-0.3, -0.25) is 0 Å². The van der Waals surface area contributed by atoms with Gasteiger partial charge in [0.25, 0.3) is 0 Å². The molecule has 0 unspecified atom stereocenters. The highest BCUT2D eigenvalue weighted by atomic mass is 79.9. The number of aromatic nitrogens is 2. The van der Waals surface area contributed by atoms with Crippen LogP contribution >= 0.6 is 15.9 Å². The summed E-state index contributed by atoms with van der Waals surface area (Å²) >= 11 is 3.63. The summed E-state index contributed by atoms with van der Waals surface area (Å²) in [7, 11) is 4.14. The molecule has 0 atom stereocenters. The average molecular weight is 323 g/mol. The Bertz CT molecular complexity index is 584. The summed E-state index contributed by atoms with van der Waals surface area (Å²) in [5.74, 6) is 1.74. The Kier molecular flexibility index (Phi) is 3.50. The van der Waals surface area contributed by atoms with E-state index in [1.807, 2.05) is 0 Å². The van der Waals surface area contributed by atoms with Gasteiger partial charge in [0.05, 0.1) is 5.69 Å². The predicted molar refractivity (Wildman–Crippen MR) is 82.1 cm³/mol. The fourth-order valence-electron chi connectivity index (χ4n) is 2.83. The Labute approximate surface area is 121 Å². The summed E-state index contributed by atoms with van der Waals surface area (Å²) in [5.41, 5.74) is 2.36. The maximum absolute atomic E-state index is 4.78. The van der Waals surface area contributed by atoms with Gasteiger partial charge in [0.2, 0.25) is 0 Å². The van der Waals surface area contributed by atoms with E-state index >= 15 is 0 Å². The van der Waals surface area contributed by atoms with Crippen molar-refractivity contribution in [3.05, 3.63) is 28.8 Å². The molecule has 1 aliphatic rings. The van der Waals surface area contributed by atoms with Gasteiger partial charge >= 0.3 is 0 Å². The molecule has 0 spiro atoms. The number of pyridine rings is 1. The molecule has 3 rings (SSSR count). The van der Waals surface area contributed by atoms with Crippen LogP contribution in [0.15, 0.2) is 22.9 Å². The van der Waals surface area contributed by atoms with Crippen LogP contribution in [0.2, 0.25) is 0 Å². The largest absolute Gasteiger partial charge is 0.376 e. The molecule has 2 aromatic heterocycles. The Hall–Kier alpha value is -1.07. The van der Waals surface area contributed by atoms with Crippen LogP contribution in [0.4, 0.5) is 5.69 Å². The lowest BCUT2D eigenvalue weighted by Gasteiger charge is -2.22. The Balaban J connectivity index is 2.14. The quantitative estimate of drug-likeness (QED) is 0.922. The van der Waals surface area contributed by atoms with Crippen LogP contribution in [0, 0.1) is 0 Å². The number of nitrogens with zero attached hydrogens (tertiary/aromatic N) is 3. The number of piperidine rings is 1. The van der Waals surface area contributed by atoms with Gasteiger partial charge in [-0.2, -0.15) is 0 Å². The van der Waals surface area contributed by atoms with Gasteiger partial charge in [-0.05, 0) is 54.0 Å². The number of hydrogen-bond acceptors (Lipinski definition) is 3. The van der Waals surface area contributed by atoms with E-state index in [1.54, 1.807) is 0 Å². The Morgan fingerprint density at radius 3 is 2.79 bits per heavy atom. The van der Waals surface area contributed by atoms with E-state index in [1.165, 1.54) is 17.0 Å². The van der Waals surface area contributed by atoms with E-state index in [2.05, 4.69) is 63.0 Å². The summed E-state index contributed by atoms with van der Waals surface area (Å²) in [4.78, 5) is 6.91. The van der Waals surface area contributed by atoms with Crippen molar-refractivity contribution in [2.45, 2.75) is 18.8 Å². The number of anilines is 1. The van der Waals surface area contributed by atoms with Gasteiger partial charge in [0.15, 0.2) is 0 Å². The zero-order valence-electron chi connectivity index (χ0n) is 11.4. The molecule has 1 aliphatic heterocycles. The molecule has 1 N–H and O–H groups in total. The third-order valence-electron chi connectivity index (χ3n) is 3.81. The number of rotatable bonds is 2. The molecule has 0 aliphatic carbocycles. The number of nitrogens with one attached hydrogen (secondary N) is 1. The summed E-state index contributed by atoms with van der Waals surface area (Å²) in [6, 6.07) is 4.23. The van der Waals surface area contributed by atoms with Gasteiger partial charge in [-0.25, -0.2) is 4.98 Å². The first-order valence-electron chi connectivity index (χ1n) is 6.73. The van der Waals surface area contributed by atoms with Gasteiger partial charge in [-0.1, -0.05) is 0 Å². The minimum Gasteiger partial charge on any atom is -0.376 e. The second-order valence-electron chi connectivity index (χ2n) is 5.29. The first-order valence-corrected chi connectivity index (χ1v) is 7.52. The van der Waals surface area contributed by atoms with E-state index < -0.39 is 0 Å². The lowest BCUT2D eigenvalue weighted by atomic mass is 9.97. The van der Waals surface area contributed by atoms with Gasteiger partial charge in [0.1, 0.15) is 15.9 Å². The van der Waals surface area contributed by atoms with Crippen LogP contribution in [0.3, 0.4) is 0 Å². The summed E-state index contributed by atoms with van der Waals surface area (Å²) in [5, 5.41) is 3.41. The maximum Gasteiger partial charge on any atom is 0.134 e. The van der Waals surface area contributed by atoms with Crippen LogP contribution in [0.1, 0.15) is 24.6 Å². The predicted octanol–water partition coefficient (Wildman–Crippen LogP) is 2.63. The van der Waals surface area contributed by atoms with Crippen molar-refractivity contribution in [3.63, 3.8) is 0 Å². The molecule has 1 fully saturated rings. The van der Waals surface area contributed by atoms with Crippen LogP contribution < -0.4 is 10.2 Å². The lowest BCUT2D eigenvalue weighted by molar-refractivity contribution is 0.444. The zero-order valence-corrected chi connectivity index (χ0v) is 12.9. The molecule has 0 bridgehead atoms. The number of hydrogen-bond donors (Lipinski definition) is 1. The van der Waals surface area contributed by atoms with E-state index in [9.17, 15) is 0 Å². The molecule has 102 valence electrons. The fourth-order valence-corrected chi connectivity index (χ4v) is 3.41. The molecule has 0 aromatic carbocycles. The normalized spacial score (nSPS) is 17.0. The monoisotopic (exact) mass is 322 g/mol. The molecule has 0 radical (unpaired) electrons. The number of fused-ring (bicyclic) bond motifs is 1. The zero-order chi connectivity index (χ0) is 13.4. The number of halogens is 1. The molecular formula is C14H19BrN4. The highest BCUT2D eigenvalue weighted by molar-refractivity contribution is 9.10. The van der Waals surface area contributed by atoms with Crippen molar-refractivity contribution < 1.29 is 0 Å². The van der Waals surface area contributed by atoms with Gasteiger partial charge < -0.3 is 14.6 Å². The first-order chi connectivity index (χ1) is 9.18. The van der Waals surface area contributed by atoms with Crippen LogP contribution in [-0.4, -0.2) is 36.6 Å². The molecule has 4 nitrogen and oxygen atoms in total. The summed E-state index contributed by atoms with van der Waals surface area (Å²) in [6.45, 7) is 2.18. The molecule has 2 aromatic rings. The lowest BCUT2D eigenvalue weighted by Crippen LogP contribution is -2.27. The van der Waals surface area contributed by atoms with Crippen molar-refractivity contribution in [1.82, 2.24) is 14.7 Å². The van der Waals surface area contributed by atoms with Crippen molar-refractivity contribution in [1.29, 1.82) is 0 Å². The second-order valence-corrected chi connectivity index (χ2v) is 6.04. The van der Waals surface area contributed by atoms with Crippen molar-refractivity contribution >= 4 is 27.1 Å². The smallest absolute Gasteiger partial charge is 0.134 e. The Morgan fingerprint density at radius 2 is 2.11 bits per heavy atom. The molecule has 0 amide bonds. The van der Waals surface area contributed by atoms with E-state index in [4.69, 9.17) is 4.98 Å². The maximum atomic E-state index is 4.78. The molecule has 1 saturated heterocycles. The Morgan fingerprint density at radius 1 is 1.37 bits per heavy atom. The molecule has 19 heavy (non-hydrogen) atoms. The highest BCUT2D eigenvalue weighted by Gasteiger charge is 2.22. The minimum atomic E-state index is 0.553. The first kappa shape index (κ1) is 12.9. The van der Waals surface area contributed by atoms with Crippen LogP contribution in [0.5, 0.6) is 0 Å². The van der Waals surface area contributed by atoms with Crippen LogP contribution in [-0.2, 0) is 0 Å². The number of imidazole rings is 1. The molecule has 3 heterocycles. The highest BCUT2D eigenvalue weighted by Crippen LogP contribution is 2.33. The van der Waals surface area contributed by atoms with Crippen LogP contribution in [0.25, 0.3) is 5.52 Å². The topological polar surface area (TPSA) is 32.6 Å². The average Bonchev–Trinajstić information content (AvgIpc) is 2.77. The summed E-state index contributed by atoms with van der Waals surface area (Å²) < 4.78 is 3.19. The van der Waals surface area contributed by atoms with Crippen molar-refractivity contribution in [3.8, 4) is 0 Å². The van der Waals surface area contributed by atoms with Gasteiger partial charge in [-0.15, -0.1) is 0 Å². The molecule has 0 saturated carbocycles. The third kappa shape index (κ3) is 2.25. The standard InChI is InChI=1S/C14H19BrN4/c1-18(2)11-4-3-9-19-12(11)13(15)17-14(19)10-5-7-16-8-6-10/h3-4,9-10,16H,5-8H2,1-2H3. The molecule has 5 heteroatoms. The summed E-state index contributed by atoms with van der Waals surface area (Å²) in [6.07, 6.45) is 4.45. The van der Waals surface area contributed by atoms with E-state index in [-0.39, 0.29) is 0 Å². The second kappa shape index (κ2) is 5.13. The minimum absolute atomic E-state index is 0.553. The third-order valence-corrected chi connectivity index (χ3v) is 4.37. The SMILES string of the molecule is CN(C)c1cccn2c(C3CCNCC3)nc(Br)c12. The molecular weight excluding hydrogens is 304 g/mol. The van der Waals surface area contributed by atoms with E-state index in [0.29, 0.717) is 5.92 Å². The van der Waals surface area contributed by atoms with Crippen molar-refractivity contribution in [2.24, 2.45) is 0 Å². The van der Waals surface area contributed by atoms with Crippen molar-refractivity contribution in [2.75, 3.05) is 32.1 Å². The van der Waals surface area contributed by atoms with E-state index in [0.717, 1.165) is 30.5 Å². The van der Waals surface area contributed by atoms with Gasteiger partial charge in [0, 0.05) is 26.2 Å².